The maximum Gasteiger partial charge on any atom is 0.147 e. The van der Waals surface area contributed by atoms with Crippen LogP contribution >= 0.6 is 11.6 Å². The number of hydrogen-bond donors (Lipinski definition) is 1. The summed E-state index contributed by atoms with van der Waals surface area (Å²) in [5.74, 6) is 1.64. The molecule has 1 aromatic rings. The second kappa shape index (κ2) is 7.48. The summed E-state index contributed by atoms with van der Waals surface area (Å²) in [5, 5.41) is 11.4. The van der Waals surface area contributed by atoms with E-state index >= 15 is 0 Å². The highest BCUT2D eigenvalue weighted by atomic mass is 35.5. The first-order chi connectivity index (χ1) is 14.1. The quantitative estimate of drug-likeness (QED) is 0.786. The number of aryl methyl sites for hydroxylation is 1. The third-order valence-electron chi connectivity index (χ3n) is 6.71. The van der Waals surface area contributed by atoms with Crippen LogP contribution in [0, 0.1) is 6.92 Å². The molecule has 4 aliphatic rings. The third kappa shape index (κ3) is 3.33. The largest absolute Gasteiger partial charge is 0.358 e. The molecule has 1 unspecified atom stereocenters. The molecule has 0 bridgehead atoms. The van der Waals surface area contributed by atoms with Crippen molar-refractivity contribution < 1.29 is 0 Å². The first-order valence-electron chi connectivity index (χ1n) is 10.6. The third-order valence-corrected chi connectivity index (χ3v) is 7.00. The Hall–Kier alpha value is -2.34. The van der Waals surface area contributed by atoms with Gasteiger partial charge in [0.25, 0.3) is 0 Å². The molecule has 1 atom stereocenters. The lowest BCUT2D eigenvalue weighted by Gasteiger charge is -2.36. The van der Waals surface area contributed by atoms with Crippen LogP contribution in [0.3, 0.4) is 0 Å². The highest BCUT2D eigenvalue weighted by Gasteiger charge is 2.37. The van der Waals surface area contributed by atoms with E-state index in [9.17, 15) is 0 Å². The van der Waals surface area contributed by atoms with Gasteiger partial charge in [-0.1, -0.05) is 11.6 Å². The summed E-state index contributed by atoms with van der Waals surface area (Å²) in [4.78, 5) is 11.3. The second-order valence-corrected chi connectivity index (χ2v) is 8.85. The minimum Gasteiger partial charge on any atom is -0.358 e. The Balaban J connectivity index is 1.31. The van der Waals surface area contributed by atoms with Gasteiger partial charge in [0, 0.05) is 35.2 Å². The molecule has 2 aliphatic heterocycles. The Labute approximate surface area is 177 Å². The molecule has 6 nitrogen and oxygen atoms in total. The fourth-order valence-corrected chi connectivity index (χ4v) is 5.27. The van der Waals surface area contributed by atoms with E-state index in [0.29, 0.717) is 12.0 Å². The van der Waals surface area contributed by atoms with Crippen molar-refractivity contribution in [1.29, 1.82) is 0 Å². The molecule has 0 amide bonds. The molecule has 0 aromatic carbocycles. The van der Waals surface area contributed by atoms with Gasteiger partial charge in [0.1, 0.15) is 12.2 Å². The SMILES string of the molecule is Cc1nccnc1[C@H]1CC[C@H](N2N=CN3C2=CNC2=C(CCC(Cl)=C2)C3C)CC1. The van der Waals surface area contributed by atoms with Gasteiger partial charge in [-0.25, -0.2) is 5.01 Å². The zero-order valence-corrected chi connectivity index (χ0v) is 17.7. The molecule has 1 aromatic heterocycles. The maximum atomic E-state index is 6.29. The van der Waals surface area contributed by atoms with Crippen LogP contribution in [0.2, 0.25) is 0 Å². The molecule has 7 heteroatoms. The van der Waals surface area contributed by atoms with Crippen molar-refractivity contribution in [3.63, 3.8) is 0 Å². The number of fused-ring (bicyclic) bond motifs is 1. The number of halogens is 1. The topological polar surface area (TPSA) is 56.7 Å². The molecule has 5 rings (SSSR count). The lowest BCUT2D eigenvalue weighted by molar-refractivity contribution is 0.176. The van der Waals surface area contributed by atoms with Gasteiger partial charge in [-0.3, -0.25) is 9.97 Å². The van der Waals surface area contributed by atoms with Crippen LogP contribution in [-0.2, 0) is 0 Å². The minimum atomic E-state index is 0.277. The lowest BCUT2D eigenvalue weighted by atomic mass is 9.83. The van der Waals surface area contributed by atoms with Crippen LogP contribution in [0.1, 0.15) is 62.8 Å². The van der Waals surface area contributed by atoms with Gasteiger partial charge < -0.3 is 10.2 Å². The molecule has 152 valence electrons. The van der Waals surface area contributed by atoms with Crippen molar-refractivity contribution in [2.75, 3.05) is 0 Å². The van der Waals surface area contributed by atoms with Crippen molar-refractivity contribution in [1.82, 2.24) is 25.2 Å². The van der Waals surface area contributed by atoms with Gasteiger partial charge in [-0.05, 0) is 64.0 Å². The van der Waals surface area contributed by atoms with Gasteiger partial charge in [-0.2, -0.15) is 5.10 Å². The fraction of sp³-hybridized carbons (Fsp3) is 0.500. The molecule has 0 spiro atoms. The van der Waals surface area contributed by atoms with E-state index in [2.05, 4.69) is 51.3 Å². The highest BCUT2D eigenvalue weighted by molar-refractivity contribution is 6.29. The van der Waals surface area contributed by atoms with E-state index in [1.54, 1.807) is 6.20 Å². The van der Waals surface area contributed by atoms with Crippen molar-refractivity contribution in [3.05, 3.63) is 58.2 Å². The summed E-state index contributed by atoms with van der Waals surface area (Å²) in [6.07, 6.45) is 16.1. The molecule has 29 heavy (non-hydrogen) atoms. The van der Waals surface area contributed by atoms with E-state index in [4.69, 9.17) is 16.7 Å². The Morgan fingerprint density at radius 3 is 2.69 bits per heavy atom. The lowest BCUT2D eigenvalue weighted by Crippen LogP contribution is -2.38. The summed E-state index contributed by atoms with van der Waals surface area (Å²) < 4.78 is 0. The summed E-state index contributed by atoms with van der Waals surface area (Å²) in [6.45, 7) is 4.32. The number of hydrazone groups is 1. The predicted molar refractivity (Wildman–Crippen MR) is 115 cm³/mol. The predicted octanol–water partition coefficient (Wildman–Crippen LogP) is 4.33. The number of hydrogen-bond acceptors (Lipinski definition) is 6. The van der Waals surface area contributed by atoms with Gasteiger partial charge in [0.2, 0.25) is 0 Å². The molecule has 0 saturated heterocycles. The Morgan fingerprint density at radius 1 is 1.10 bits per heavy atom. The Morgan fingerprint density at radius 2 is 1.90 bits per heavy atom. The molecule has 1 N–H and O–H groups in total. The van der Waals surface area contributed by atoms with Gasteiger partial charge >= 0.3 is 0 Å². The average molecular weight is 411 g/mol. The summed E-state index contributed by atoms with van der Waals surface area (Å²) in [7, 11) is 0. The van der Waals surface area contributed by atoms with E-state index < -0.39 is 0 Å². The monoisotopic (exact) mass is 410 g/mol. The standard InChI is InChI=1S/C22H27ClN6/c1-14-22(25-10-9-24-14)16-3-6-18(7-4-16)29-21-12-26-20-11-17(23)5-8-19(20)15(2)28(21)13-27-29/h9-13,15-16,18,26H,3-8H2,1-2H3/t15?,16-,18-. The van der Waals surface area contributed by atoms with Gasteiger partial charge in [-0.15, -0.1) is 0 Å². The minimum absolute atomic E-state index is 0.277. The normalized spacial score (nSPS) is 29.0. The van der Waals surface area contributed by atoms with E-state index in [0.717, 1.165) is 60.8 Å². The molecule has 0 radical (unpaired) electrons. The van der Waals surface area contributed by atoms with E-state index in [1.807, 2.05) is 12.5 Å². The molecule has 3 heterocycles. The van der Waals surface area contributed by atoms with Crippen LogP contribution in [0.5, 0.6) is 0 Å². The van der Waals surface area contributed by atoms with Crippen molar-refractivity contribution >= 4 is 17.9 Å². The van der Waals surface area contributed by atoms with Crippen molar-refractivity contribution in [2.45, 2.75) is 70.4 Å². The zero-order chi connectivity index (χ0) is 20.0. The molecular formula is C22H27ClN6. The average Bonchev–Trinajstić information content (AvgIpc) is 3.11. The Kier molecular flexibility index (Phi) is 4.82. The van der Waals surface area contributed by atoms with Crippen LogP contribution in [-0.4, -0.2) is 38.3 Å². The van der Waals surface area contributed by atoms with Crippen LogP contribution in [0.15, 0.2) is 51.9 Å². The fourth-order valence-electron chi connectivity index (χ4n) is 5.07. The molecule has 2 aliphatic carbocycles. The molecular weight excluding hydrogens is 384 g/mol. The van der Waals surface area contributed by atoms with Crippen LogP contribution in [0.4, 0.5) is 0 Å². The summed E-state index contributed by atoms with van der Waals surface area (Å²) >= 11 is 6.29. The van der Waals surface area contributed by atoms with Gasteiger partial charge in [0.15, 0.2) is 0 Å². The van der Waals surface area contributed by atoms with Crippen molar-refractivity contribution in [2.24, 2.45) is 5.10 Å². The first-order valence-corrected chi connectivity index (χ1v) is 10.9. The zero-order valence-electron chi connectivity index (χ0n) is 17.0. The van der Waals surface area contributed by atoms with Crippen LogP contribution in [0.25, 0.3) is 0 Å². The van der Waals surface area contributed by atoms with Crippen molar-refractivity contribution in [3.8, 4) is 0 Å². The maximum absolute atomic E-state index is 6.29. The highest BCUT2D eigenvalue weighted by Crippen LogP contribution is 2.39. The number of allylic oxidation sites excluding steroid dienone is 2. The smallest absolute Gasteiger partial charge is 0.147 e. The van der Waals surface area contributed by atoms with Crippen LogP contribution < -0.4 is 5.32 Å². The number of aromatic nitrogens is 2. The first kappa shape index (κ1) is 18.7. The summed E-state index contributed by atoms with van der Waals surface area (Å²) in [6, 6.07) is 0.693. The van der Waals surface area contributed by atoms with Gasteiger partial charge in [0.05, 0.1) is 23.5 Å². The second-order valence-electron chi connectivity index (χ2n) is 8.37. The number of nitrogens with one attached hydrogen (secondary N) is 1. The molecule has 1 saturated carbocycles. The number of nitrogens with zero attached hydrogens (tertiary/aromatic N) is 5. The van der Waals surface area contributed by atoms with E-state index in [-0.39, 0.29) is 6.04 Å². The number of rotatable bonds is 2. The molecule has 1 fully saturated rings. The Bertz CT molecular complexity index is 925. The van der Waals surface area contributed by atoms with E-state index in [1.165, 1.54) is 11.3 Å². The summed E-state index contributed by atoms with van der Waals surface area (Å²) in [5.41, 5.74) is 4.78.